The van der Waals surface area contributed by atoms with E-state index in [4.69, 9.17) is 4.74 Å². The highest BCUT2D eigenvalue weighted by atomic mass is 16.5. The third-order valence-corrected chi connectivity index (χ3v) is 5.27. The molecule has 0 saturated carbocycles. The Labute approximate surface area is 176 Å². The van der Waals surface area contributed by atoms with Gasteiger partial charge >= 0.3 is 0 Å². The SMILES string of the molecule is CC(NC(=O)CCN1C(=O)COc2ccccc21)c1ccc(-c2ccccc2)cc1. The highest BCUT2D eigenvalue weighted by Crippen LogP contribution is 2.31. The molecule has 3 aromatic rings. The number of rotatable bonds is 6. The summed E-state index contributed by atoms with van der Waals surface area (Å²) in [5.41, 5.74) is 4.06. The van der Waals surface area contributed by atoms with Gasteiger partial charge in [0.25, 0.3) is 5.91 Å². The minimum absolute atomic E-state index is 0.00278. The third-order valence-electron chi connectivity index (χ3n) is 5.27. The van der Waals surface area contributed by atoms with Crippen LogP contribution in [-0.4, -0.2) is 25.0 Å². The Balaban J connectivity index is 1.35. The van der Waals surface area contributed by atoms with Gasteiger partial charge in [-0.2, -0.15) is 0 Å². The molecule has 2 amide bonds. The summed E-state index contributed by atoms with van der Waals surface area (Å²) in [7, 11) is 0. The molecule has 30 heavy (non-hydrogen) atoms. The molecular weight excluding hydrogens is 376 g/mol. The van der Waals surface area contributed by atoms with E-state index < -0.39 is 0 Å². The van der Waals surface area contributed by atoms with Crippen LogP contribution in [0.1, 0.15) is 24.9 Å². The Morgan fingerprint density at radius 2 is 1.63 bits per heavy atom. The lowest BCUT2D eigenvalue weighted by molar-refractivity contribution is -0.122. The molecule has 1 N–H and O–H groups in total. The zero-order valence-corrected chi connectivity index (χ0v) is 16.9. The molecule has 1 unspecified atom stereocenters. The van der Waals surface area contributed by atoms with Gasteiger partial charge in [0.05, 0.1) is 11.7 Å². The minimum Gasteiger partial charge on any atom is -0.482 e. The summed E-state index contributed by atoms with van der Waals surface area (Å²) in [6.45, 7) is 2.29. The van der Waals surface area contributed by atoms with Gasteiger partial charge in [0.15, 0.2) is 6.61 Å². The number of ether oxygens (including phenoxy) is 1. The molecule has 0 saturated heterocycles. The van der Waals surface area contributed by atoms with Crippen LogP contribution >= 0.6 is 0 Å². The topological polar surface area (TPSA) is 58.6 Å². The van der Waals surface area contributed by atoms with Crippen LogP contribution in [0.3, 0.4) is 0 Å². The minimum atomic E-state index is -0.133. The fourth-order valence-electron chi connectivity index (χ4n) is 3.60. The summed E-state index contributed by atoms with van der Waals surface area (Å²) in [6, 6.07) is 25.7. The van der Waals surface area contributed by atoms with Gasteiger partial charge in [0, 0.05) is 13.0 Å². The number of hydrogen-bond acceptors (Lipinski definition) is 3. The zero-order chi connectivity index (χ0) is 20.9. The smallest absolute Gasteiger partial charge is 0.265 e. The van der Waals surface area contributed by atoms with Gasteiger partial charge in [-0.3, -0.25) is 9.59 Å². The molecule has 0 radical (unpaired) electrons. The lowest BCUT2D eigenvalue weighted by Crippen LogP contribution is -2.41. The fraction of sp³-hybridized carbons (Fsp3) is 0.200. The van der Waals surface area contributed by atoms with Crippen LogP contribution < -0.4 is 15.0 Å². The van der Waals surface area contributed by atoms with Gasteiger partial charge in [0.1, 0.15) is 5.75 Å². The van der Waals surface area contributed by atoms with Crippen LogP contribution in [0.4, 0.5) is 5.69 Å². The van der Waals surface area contributed by atoms with Gasteiger partial charge in [-0.1, -0.05) is 66.7 Å². The second-order valence-electron chi connectivity index (χ2n) is 7.33. The summed E-state index contributed by atoms with van der Waals surface area (Å²) in [6.07, 6.45) is 0.229. The van der Waals surface area contributed by atoms with E-state index in [0.29, 0.717) is 18.0 Å². The number of fused-ring (bicyclic) bond motifs is 1. The normalized spacial score (nSPS) is 13.9. The Kier molecular flexibility index (Phi) is 5.80. The van der Waals surface area contributed by atoms with Crippen LogP contribution in [0.25, 0.3) is 11.1 Å². The van der Waals surface area contributed by atoms with Gasteiger partial charge in [0.2, 0.25) is 5.91 Å². The van der Waals surface area contributed by atoms with Gasteiger partial charge in [-0.25, -0.2) is 0 Å². The number of nitrogens with one attached hydrogen (secondary N) is 1. The van der Waals surface area contributed by atoms with Crippen molar-refractivity contribution < 1.29 is 14.3 Å². The molecule has 1 atom stereocenters. The molecule has 1 aliphatic rings. The molecule has 1 aliphatic heterocycles. The molecule has 0 bridgehead atoms. The maximum atomic E-state index is 12.5. The van der Waals surface area contributed by atoms with E-state index in [9.17, 15) is 9.59 Å². The highest BCUT2D eigenvalue weighted by molar-refractivity contribution is 5.98. The number of nitrogens with zero attached hydrogens (tertiary/aromatic N) is 1. The van der Waals surface area contributed by atoms with Crippen molar-refractivity contribution in [2.24, 2.45) is 0 Å². The fourth-order valence-corrected chi connectivity index (χ4v) is 3.60. The Hall–Kier alpha value is -3.60. The second kappa shape index (κ2) is 8.82. The molecule has 0 spiro atoms. The molecule has 3 aromatic carbocycles. The number of para-hydroxylation sites is 2. The van der Waals surface area contributed by atoms with Crippen LogP contribution in [0.5, 0.6) is 5.75 Å². The van der Waals surface area contributed by atoms with Crippen molar-refractivity contribution >= 4 is 17.5 Å². The average molecular weight is 400 g/mol. The third kappa shape index (κ3) is 4.35. The van der Waals surface area contributed by atoms with E-state index in [1.54, 1.807) is 4.90 Å². The van der Waals surface area contributed by atoms with E-state index in [-0.39, 0.29) is 30.9 Å². The standard InChI is InChI=1S/C25H24N2O3/c1-18(19-11-13-21(14-12-19)20-7-3-2-4-8-20)26-24(28)15-16-27-22-9-5-6-10-23(22)30-17-25(27)29/h2-14,18H,15-17H2,1H3,(H,26,28). The first kappa shape index (κ1) is 19.7. The number of benzene rings is 3. The van der Waals surface area contributed by atoms with E-state index in [0.717, 1.165) is 16.7 Å². The van der Waals surface area contributed by atoms with Crippen LogP contribution in [0, 0.1) is 0 Å². The largest absolute Gasteiger partial charge is 0.482 e. The van der Waals surface area contributed by atoms with Crippen molar-refractivity contribution in [3.05, 3.63) is 84.4 Å². The molecule has 4 rings (SSSR count). The highest BCUT2D eigenvalue weighted by Gasteiger charge is 2.25. The Morgan fingerprint density at radius 3 is 2.40 bits per heavy atom. The molecule has 0 aliphatic carbocycles. The number of carbonyl (C=O) groups is 2. The predicted octanol–water partition coefficient (Wildman–Crippen LogP) is 4.35. The average Bonchev–Trinajstić information content (AvgIpc) is 2.79. The lowest BCUT2D eigenvalue weighted by atomic mass is 10.0. The Morgan fingerprint density at radius 1 is 0.967 bits per heavy atom. The molecule has 0 fully saturated rings. The summed E-state index contributed by atoms with van der Waals surface area (Å²) in [4.78, 5) is 26.4. The lowest BCUT2D eigenvalue weighted by Gasteiger charge is -2.29. The van der Waals surface area contributed by atoms with E-state index in [1.165, 1.54) is 0 Å². The monoisotopic (exact) mass is 400 g/mol. The van der Waals surface area contributed by atoms with Crippen molar-refractivity contribution in [1.82, 2.24) is 5.32 Å². The predicted molar refractivity (Wildman–Crippen MR) is 117 cm³/mol. The van der Waals surface area contributed by atoms with Gasteiger partial charge < -0.3 is 15.0 Å². The van der Waals surface area contributed by atoms with Crippen molar-refractivity contribution in [2.75, 3.05) is 18.1 Å². The van der Waals surface area contributed by atoms with Crippen molar-refractivity contribution in [3.63, 3.8) is 0 Å². The number of hydrogen-bond donors (Lipinski definition) is 1. The summed E-state index contributed by atoms with van der Waals surface area (Å²) in [5.74, 6) is 0.446. The maximum absolute atomic E-state index is 12.5. The first-order valence-corrected chi connectivity index (χ1v) is 10.1. The first-order valence-electron chi connectivity index (χ1n) is 10.1. The number of carbonyl (C=O) groups excluding carboxylic acids is 2. The molecule has 152 valence electrons. The van der Waals surface area contributed by atoms with Crippen molar-refractivity contribution in [3.8, 4) is 16.9 Å². The van der Waals surface area contributed by atoms with Crippen molar-refractivity contribution in [1.29, 1.82) is 0 Å². The van der Waals surface area contributed by atoms with Crippen LogP contribution in [-0.2, 0) is 9.59 Å². The zero-order valence-electron chi connectivity index (χ0n) is 16.9. The maximum Gasteiger partial charge on any atom is 0.265 e. The summed E-state index contributed by atoms with van der Waals surface area (Å²) >= 11 is 0. The first-order chi connectivity index (χ1) is 14.6. The number of anilines is 1. The molecule has 5 nitrogen and oxygen atoms in total. The molecule has 5 heteroatoms. The molecule has 1 heterocycles. The quantitative estimate of drug-likeness (QED) is 0.669. The van der Waals surface area contributed by atoms with Crippen LogP contribution in [0.15, 0.2) is 78.9 Å². The van der Waals surface area contributed by atoms with Gasteiger partial charge in [-0.05, 0) is 35.7 Å². The van der Waals surface area contributed by atoms with Gasteiger partial charge in [-0.15, -0.1) is 0 Å². The molecule has 0 aromatic heterocycles. The number of amides is 2. The Bertz CT molecular complexity index is 1030. The van der Waals surface area contributed by atoms with E-state index >= 15 is 0 Å². The van der Waals surface area contributed by atoms with Crippen LogP contribution in [0.2, 0.25) is 0 Å². The summed E-state index contributed by atoms with van der Waals surface area (Å²) in [5, 5.41) is 3.03. The van der Waals surface area contributed by atoms with E-state index in [2.05, 4.69) is 29.6 Å². The summed E-state index contributed by atoms with van der Waals surface area (Å²) < 4.78 is 5.44. The van der Waals surface area contributed by atoms with Crippen molar-refractivity contribution in [2.45, 2.75) is 19.4 Å². The second-order valence-corrected chi connectivity index (χ2v) is 7.33. The molecular formula is C25H24N2O3. The van der Waals surface area contributed by atoms with E-state index in [1.807, 2.05) is 61.5 Å².